The van der Waals surface area contributed by atoms with Gasteiger partial charge in [-0.3, -0.25) is 0 Å². The van der Waals surface area contributed by atoms with Crippen molar-refractivity contribution in [2.45, 2.75) is 57.9 Å². The number of hydrogen-bond acceptors (Lipinski definition) is 1. The molecule has 1 aliphatic rings. The number of carbonyl (C=O) groups is 1. The van der Waals surface area contributed by atoms with Crippen molar-refractivity contribution in [2.24, 2.45) is 0 Å². The second-order valence-corrected chi connectivity index (χ2v) is 5.38. The largest absolute Gasteiger partial charge is 0.335 e. The minimum Gasteiger partial charge on any atom is -0.335 e. The van der Waals surface area contributed by atoms with E-state index in [2.05, 4.69) is 29.7 Å². The Morgan fingerprint density at radius 2 is 1.89 bits per heavy atom. The number of urea groups is 1. The van der Waals surface area contributed by atoms with Crippen LogP contribution in [0.3, 0.4) is 0 Å². The van der Waals surface area contributed by atoms with Crippen molar-refractivity contribution in [2.75, 3.05) is 5.32 Å². The normalized spacial score (nSPS) is 15.4. The highest BCUT2D eigenvalue weighted by Gasteiger charge is 2.16. The zero-order chi connectivity index (χ0) is 13.5. The fourth-order valence-electron chi connectivity index (χ4n) is 2.56. The van der Waals surface area contributed by atoms with Gasteiger partial charge in [0.1, 0.15) is 0 Å². The first-order valence-electron chi connectivity index (χ1n) is 7.44. The minimum atomic E-state index is -0.0757. The molecule has 3 nitrogen and oxygen atoms in total. The maximum absolute atomic E-state index is 11.8. The van der Waals surface area contributed by atoms with Gasteiger partial charge in [0.2, 0.25) is 0 Å². The van der Waals surface area contributed by atoms with Gasteiger partial charge in [-0.1, -0.05) is 38.3 Å². The first-order chi connectivity index (χ1) is 9.28. The van der Waals surface area contributed by atoms with Gasteiger partial charge in [-0.25, -0.2) is 4.79 Å². The van der Waals surface area contributed by atoms with Gasteiger partial charge >= 0.3 is 6.03 Å². The molecule has 2 rings (SSSR count). The molecule has 0 aromatic heterocycles. The van der Waals surface area contributed by atoms with Crippen molar-refractivity contribution < 1.29 is 4.79 Å². The molecule has 0 aliphatic heterocycles. The Morgan fingerprint density at radius 3 is 2.53 bits per heavy atom. The molecule has 0 unspecified atom stereocenters. The summed E-state index contributed by atoms with van der Waals surface area (Å²) in [4.78, 5) is 11.8. The number of benzene rings is 1. The standard InChI is InChI=1S/C16H24N2O/c1-2-3-6-13-9-11-15(12-10-13)18-16(19)17-14-7-4-5-8-14/h9-12,14H,2-8H2,1H3,(H2,17,18,19). The Labute approximate surface area is 115 Å². The number of anilines is 1. The minimum absolute atomic E-state index is 0.0757. The molecule has 2 amide bonds. The highest BCUT2D eigenvalue weighted by atomic mass is 16.2. The molecule has 0 bridgehead atoms. The summed E-state index contributed by atoms with van der Waals surface area (Å²) in [6.07, 6.45) is 8.24. The molecule has 1 aromatic rings. The number of hydrogen-bond donors (Lipinski definition) is 2. The van der Waals surface area contributed by atoms with E-state index in [9.17, 15) is 4.79 Å². The van der Waals surface area contributed by atoms with Crippen LogP contribution in [0.2, 0.25) is 0 Å². The number of unbranched alkanes of at least 4 members (excludes halogenated alkanes) is 1. The predicted molar refractivity (Wildman–Crippen MR) is 79.5 cm³/mol. The number of aryl methyl sites for hydroxylation is 1. The Hall–Kier alpha value is -1.51. The molecule has 2 N–H and O–H groups in total. The van der Waals surface area contributed by atoms with Crippen molar-refractivity contribution in [1.82, 2.24) is 5.32 Å². The quantitative estimate of drug-likeness (QED) is 0.822. The monoisotopic (exact) mass is 260 g/mol. The summed E-state index contributed by atoms with van der Waals surface area (Å²) in [5, 5.41) is 5.93. The van der Waals surface area contributed by atoms with E-state index in [1.807, 2.05) is 12.1 Å². The summed E-state index contributed by atoms with van der Waals surface area (Å²) >= 11 is 0. The van der Waals surface area contributed by atoms with Crippen LogP contribution in [0.5, 0.6) is 0 Å². The molecule has 104 valence electrons. The average Bonchev–Trinajstić information content (AvgIpc) is 2.90. The van der Waals surface area contributed by atoms with Gasteiger partial charge in [-0.05, 0) is 43.4 Å². The summed E-state index contributed by atoms with van der Waals surface area (Å²) in [6, 6.07) is 8.46. The zero-order valence-corrected chi connectivity index (χ0v) is 11.7. The lowest BCUT2D eigenvalue weighted by Gasteiger charge is -2.13. The summed E-state index contributed by atoms with van der Waals surface area (Å²) < 4.78 is 0. The van der Waals surface area contributed by atoms with E-state index in [0.717, 1.165) is 24.9 Å². The third kappa shape index (κ3) is 4.58. The van der Waals surface area contributed by atoms with E-state index in [1.165, 1.54) is 31.2 Å². The molecule has 1 aromatic carbocycles. The van der Waals surface area contributed by atoms with Crippen LogP contribution in [0, 0.1) is 0 Å². The average molecular weight is 260 g/mol. The molecule has 0 radical (unpaired) electrons. The van der Waals surface area contributed by atoms with Gasteiger partial charge in [-0.2, -0.15) is 0 Å². The maximum Gasteiger partial charge on any atom is 0.319 e. The van der Waals surface area contributed by atoms with E-state index >= 15 is 0 Å². The second kappa shape index (κ2) is 7.17. The molecular formula is C16H24N2O. The van der Waals surface area contributed by atoms with Gasteiger partial charge in [-0.15, -0.1) is 0 Å². The topological polar surface area (TPSA) is 41.1 Å². The maximum atomic E-state index is 11.8. The highest BCUT2D eigenvalue weighted by molar-refractivity contribution is 5.89. The van der Waals surface area contributed by atoms with Crippen LogP contribution in [0.1, 0.15) is 51.0 Å². The van der Waals surface area contributed by atoms with Gasteiger partial charge in [0.15, 0.2) is 0 Å². The number of nitrogens with one attached hydrogen (secondary N) is 2. The summed E-state index contributed by atoms with van der Waals surface area (Å²) in [6.45, 7) is 2.20. The Balaban J connectivity index is 1.79. The van der Waals surface area contributed by atoms with E-state index < -0.39 is 0 Å². The second-order valence-electron chi connectivity index (χ2n) is 5.38. The summed E-state index contributed by atoms with van der Waals surface area (Å²) in [5.41, 5.74) is 2.21. The van der Waals surface area contributed by atoms with Crippen LogP contribution in [0.4, 0.5) is 10.5 Å². The van der Waals surface area contributed by atoms with E-state index in [4.69, 9.17) is 0 Å². The molecule has 0 spiro atoms. The fraction of sp³-hybridized carbons (Fsp3) is 0.562. The zero-order valence-electron chi connectivity index (χ0n) is 11.7. The molecule has 0 heterocycles. The Kier molecular flexibility index (Phi) is 5.25. The number of amides is 2. The fourth-order valence-corrected chi connectivity index (χ4v) is 2.56. The van der Waals surface area contributed by atoms with Crippen LogP contribution in [-0.4, -0.2) is 12.1 Å². The summed E-state index contributed by atoms with van der Waals surface area (Å²) in [5.74, 6) is 0. The van der Waals surface area contributed by atoms with Crippen molar-refractivity contribution in [3.63, 3.8) is 0 Å². The third-order valence-corrected chi connectivity index (χ3v) is 3.72. The smallest absolute Gasteiger partial charge is 0.319 e. The highest BCUT2D eigenvalue weighted by Crippen LogP contribution is 2.18. The van der Waals surface area contributed by atoms with Crippen LogP contribution in [0.25, 0.3) is 0 Å². The van der Waals surface area contributed by atoms with Crippen molar-refractivity contribution >= 4 is 11.7 Å². The first kappa shape index (κ1) is 13.9. The molecule has 1 saturated carbocycles. The molecule has 19 heavy (non-hydrogen) atoms. The Morgan fingerprint density at radius 1 is 1.21 bits per heavy atom. The molecular weight excluding hydrogens is 236 g/mol. The van der Waals surface area contributed by atoms with Crippen molar-refractivity contribution in [3.05, 3.63) is 29.8 Å². The van der Waals surface area contributed by atoms with Gasteiger partial charge < -0.3 is 10.6 Å². The molecule has 0 atom stereocenters. The van der Waals surface area contributed by atoms with Crippen molar-refractivity contribution in [1.29, 1.82) is 0 Å². The van der Waals surface area contributed by atoms with Crippen LogP contribution < -0.4 is 10.6 Å². The lowest BCUT2D eigenvalue weighted by Crippen LogP contribution is -2.36. The van der Waals surface area contributed by atoms with Crippen LogP contribution >= 0.6 is 0 Å². The first-order valence-corrected chi connectivity index (χ1v) is 7.44. The molecule has 1 aliphatic carbocycles. The number of carbonyl (C=O) groups excluding carboxylic acids is 1. The van der Waals surface area contributed by atoms with E-state index in [0.29, 0.717) is 6.04 Å². The van der Waals surface area contributed by atoms with Gasteiger partial charge in [0.25, 0.3) is 0 Å². The molecule has 0 saturated heterocycles. The van der Waals surface area contributed by atoms with E-state index in [-0.39, 0.29) is 6.03 Å². The Bertz CT molecular complexity index is 394. The van der Waals surface area contributed by atoms with Crippen LogP contribution in [-0.2, 0) is 6.42 Å². The molecule has 1 fully saturated rings. The third-order valence-electron chi connectivity index (χ3n) is 3.72. The lowest BCUT2D eigenvalue weighted by atomic mass is 10.1. The predicted octanol–water partition coefficient (Wildman–Crippen LogP) is 4.09. The SMILES string of the molecule is CCCCc1ccc(NC(=O)NC2CCCC2)cc1. The number of rotatable bonds is 5. The van der Waals surface area contributed by atoms with E-state index in [1.54, 1.807) is 0 Å². The van der Waals surface area contributed by atoms with Crippen molar-refractivity contribution in [3.8, 4) is 0 Å². The van der Waals surface area contributed by atoms with Gasteiger partial charge in [0.05, 0.1) is 0 Å². The van der Waals surface area contributed by atoms with Gasteiger partial charge in [0, 0.05) is 11.7 Å². The summed E-state index contributed by atoms with van der Waals surface area (Å²) in [7, 11) is 0. The lowest BCUT2D eigenvalue weighted by molar-refractivity contribution is 0.248. The van der Waals surface area contributed by atoms with Crippen LogP contribution in [0.15, 0.2) is 24.3 Å². The molecule has 3 heteroatoms.